The molecule has 1 N–H and O–H groups in total. The summed E-state index contributed by atoms with van der Waals surface area (Å²) >= 11 is 1.65. The zero-order valence-electron chi connectivity index (χ0n) is 10.6. The third kappa shape index (κ3) is 3.29. The Morgan fingerprint density at radius 3 is 2.42 bits per heavy atom. The molecule has 0 atom stereocenters. The van der Waals surface area contributed by atoms with E-state index in [4.69, 9.17) is 0 Å². The Kier molecular flexibility index (Phi) is 3.85. The Balaban J connectivity index is 2.18. The molecule has 2 rings (SSSR count). The number of halogens is 3. The zero-order chi connectivity index (χ0) is 14.0. The van der Waals surface area contributed by atoms with Crippen molar-refractivity contribution in [1.82, 2.24) is 0 Å². The van der Waals surface area contributed by atoms with Crippen molar-refractivity contribution in [2.75, 3.05) is 5.32 Å². The minimum atomic E-state index is -4.33. The topological polar surface area (TPSA) is 12.0 Å². The van der Waals surface area contributed by atoms with Crippen LogP contribution in [0.1, 0.15) is 20.9 Å². The lowest BCUT2D eigenvalue weighted by Crippen LogP contribution is -2.10. The number of alkyl halides is 3. The summed E-state index contributed by atoms with van der Waals surface area (Å²) in [5, 5.41) is 2.88. The van der Waals surface area contributed by atoms with Gasteiger partial charge in [0.1, 0.15) is 0 Å². The van der Waals surface area contributed by atoms with Crippen LogP contribution in [0.15, 0.2) is 30.3 Å². The number of rotatable bonds is 3. The second-order valence-electron chi connectivity index (χ2n) is 4.34. The highest BCUT2D eigenvalue weighted by Gasteiger charge is 2.33. The van der Waals surface area contributed by atoms with Gasteiger partial charge in [-0.2, -0.15) is 13.2 Å². The molecule has 1 aromatic carbocycles. The van der Waals surface area contributed by atoms with E-state index in [9.17, 15) is 13.2 Å². The first kappa shape index (κ1) is 13.9. The van der Waals surface area contributed by atoms with Crippen LogP contribution in [0.2, 0.25) is 0 Å². The second kappa shape index (κ2) is 5.25. The van der Waals surface area contributed by atoms with Crippen LogP contribution < -0.4 is 5.32 Å². The molecule has 1 heterocycles. The fraction of sp³-hybridized carbons (Fsp3) is 0.286. The highest BCUT2D eigenvalue weighted by molar-refractivity contribution is 7.12. The minimum Gasteiger partial charge on any atom is -0.380 e. The second-order valence-corrected chi connectivity index (χ2v) is 5.80. The van der Waals surface area contributed by atoms with Crippen LogP contribution in [0.4, 0.5) is 18.9 Å². The van der Waals surface area contributed by atoms with E-state index in [0.29, 0.717) is 6.54 Å². The van der Waals surface area contributed by atoms with Gasteiger partial charge in [-0.1, -0.05) is 12.1 Å². The molecule has 0 saturated carbocycles. The molecule has 0 aliphatic heterocycles. The van der Waals surface area contributed by atoms with Crippen molar-refractivity contribution in [3.05, 3.63) is 51.2 Å². The highest BCUT2D eigenvalue weighted by Crippen LogP contribution is 2.35. The van der Waals surface area contributed by atoms with Crippen LogP contribution in [0.25, 0.3) is 0 Å². The van der Waals surface area contributed by atoms with E-state index >= 15 is 0 Å². The maximum absolute atomic E-state index is 12.8. The fourth-order valence-corrected chi connectivity index (χ4v) is 2.88. The Morgan fingerprint density at radius 2 is 1.84 bits per heavy atom. The van der Waals surface area contributed by atoms with Crippen molar-refractivity contribution in [3.63, 3.8) is 0 Å². The van der Waals surface area contributed by atoms with Gasteiger partial charge in [0.05, 0.1) is 5.56 Å². The summed E-state index contributed by atoms with van der Waals surface area (Å²) in [6, 6.07) is 7.55. The summed E-state index contributed by atoms with van der Waals surface area (Å²) in [4.78, 5) is 2.30. The predicted octanol–water partition coefficient (Wildman–Crippen LogP) is 5.00. The maximum Gasteiger partial charge on any atom is 0.418 e. The van der Waals surface area contributed by atoms with Gasteiger partial charge in [0.25, 0.3) is 0 Å². The molecule has 0 bridgehead atoms. The quantitative estimate of drug-likeness (QED) is 0.837. The van der Waals surface area contributed by atoms with E-state index in [0.717, 1.165) is 16.5 Å². The van der Waals surface area contributed by atoms with Crippen molar-refractivity contribution in [1.29, 1.82) is 0 Å². The average Bonchev–Trinajstić information content (AvgIpc) is 2.64. The molecule has 2 aromatic rings. The molecule has 102 valence electrons. The van der Waals surface area contributed by atoms with Gasteiger partial charge in [0.2, 0.25) is 0 Å². The summed E-state index contributed by atoms with van der Waals surface area (Å²) in [7, 11) is 0. The number of aryl methyl sites for hydroxylation is 2. The smallest absolute Gasteiger partial charge is 0.380 e. The van der Waals surface area contributed by atoms with Crippen molar-refractivity contribution in [2.45, 2.75) is 26.6 Å². The number of anilines is 1. The van der Waals surface area contributed by atoms with Gasteiger partial charge in [-0.3, -0.25) is 0 Å². The molecule has 0 unspecified atom stereocenters. The Hall–Kier alpha value is -1.49. The predicted molar refractivity (Wildman–Crippen MR) is 72.6 cm³/mol. The SMILES string of the molecule is Cc1cc(CNc2ccccc2C(F)(F)F)c(C)s1. The number of hydrogen-bond acceptors (Lipinski definition) is 2. The van der Waals surface area contributed by atoms with E-state index in [-0.39, 0.29) is 5.69 Å². The fourth-order valence-electron chi connectivity index (χ4n) is 1.93. The van der Waals surface area contributed by atoms with E-state index in [2.05, 4.69) is 5.32 Å². The number of para-hydroxylation sites is 1. The molecule has 0 aliphatic carbocycles. The van der Waals surface area contributed by atoms with Crippen LogP contribution in [-0.4, -0.2) is 0 Å². The minimum absolute atomic E-state index is 0.123. The first-order valence-corrected chi connectivity index (χ1v) is 6.65. The summed E-state index contributed by atoms with van der Waals surface area (Å²) in [5.74, 6) is 0. The third-order valence-electron chi connectivity index (χ3n) is 2.85. The van der Waals surface area contributed by atoms with Gasteiger partial charge in [-0.05, 0) is 37.6 Å². The third-order valence-corrected chi connectivity index (χ3v) is 3.85. The summed E-state index contributed by atoms with van der Waals surface area (Å²) in [6.45, 7) is 4.37. The van der Waals surface area contributed by atoms with Gasteiger partial charge in [-0.15, -0.1) is 11.3 Å². The van der Waals surface area contributed by atoms with E-state index in [1.807, 2.05) is 19.9 Å². The molecule has 5 heteroatoms. The Labute approximate surface area is 114 Å². The lowest BCUT2D eigenvalue weighted by Gasteiger charge is -2.14. The van der Waals surface area contributed by atoms with Crippen molar-refractivity contribution < 1.29 is 13.2 Å². The average molecular weight is 285 g/mol. The van der Waals surface area contributed by atoms with Gasteiger partial charge in [0, 0.05) is 22.0 Å². The number of benzene rings is 1. The van der Waals surface area contributed by atoms with Crippen molar-refractivity contribution >= 4 is 17.0 Å². The van der Waals surface area contributed by atoms with Crippen LogP contribution in [-0.2, 0) is 12.7 Å². The lowest BCUT2D eigenvalue weighted by atomic mass is 10.1. The van der Waals surface area contributed by atoms with Crippen molar-refractivity contribution in [2.24, 2.45) is 0 Å². The van der Waals surface area contributed by atoms with Gasteiger partial charge < -0.3 is 5.32 Å². The summed E-state index contributed by atoms with van der Waals surface area (Å²) in [6.07, 6.45) is -4.33. The first-order chi connectivity index (χ1) is 8.88. The first-order valence-electron chi connectivity index (χ1n) is 5.84. The molecule has 0 aliphatic rings. The summed E-state index contributed by atoms with van der Waals surface area (Å²) < 4.78 is 38.5. The molecule has 19 heavy (non-hydrogen) atoms. The number of nitrogens with one attached hydrogen (secondary N) is 1. The Bertz CT molecular complexity index is 572. The van der Waals surface area contributed by atoms with Gasteiger partial charge in [-0.25, -0.2) is 0 Å². The van der Waals surface area contributed by atoms with Crippen LogP contribution in [0.5, 0.6) is 0 Å². The zero-order valence-corrected chi connectivity index (χ0v) is 11.5. The molecule has 0 saturated heterocycles. The van der Waals surface area contributed by atoms with E-state index < -0.39 is 11.7 Å². The molecule has 0 spiro atoms. The monoisotopic (exact) mass is 285 g/mol. The molecule has 0 amide bonds. The molecule has 0 fully saturated rings. The molecular weight excluding hydrogens is 271 g/mol. The summed E-state index contributed by atoms with van der Waals surface area (Å²) in [5.41, 5.74) is 0.539. The van der Waals surface area contributed by atoms with E-state index in [1.54, 1.807) is 17.4 Å². The molecule has 1 nitrogen and oxygen atoms in total. The van der Waals surface area contributed by atoms with Gasteiger partial charge >= 0.3 is 6.18 Å². The normalized spacial score (nSPS) is 11.6. The van der Waals surface area contributed by atoms with Crippen molar-refractivity contribution in [3.8, 4) is 0 Å². The van der Waals surface area contributed by atoms with E-state index in [1.165, 1.54) is 17.0 Å². The molecule has 0 radical (unpaired) electrons. The number of thiophene rings is 1. The van der Waals surface area contributed by atoms with Crippen LogP contribution >= 0.6 is 11.3 Å². The molecular formula is C14H14F3NS. The van der Waals surface area contributed by atoms with Crippen LogP contribution in [0.3, 0.4) is 0 Å². The van der Waals surface area contributed by atoms with Gasteiger partial charge in [0.15, 0.2) is 0 Å². The number of hydrogen-bond donors (Lipinski definition) is 1. The largest absolute Gasteiger partial charge is 0.418 e. The molecule has 1 aromatic heterocycles. The van der Waals surface area contributed by atoms with Crippen LogP contribution in [0, 0.1) is 13.8 Å². The highest BCUT2D eigenvalue weighted by atomic mass is 32.1. The lowest BCUT2D eigenvalue weighted by molar-refractivity contribution is -0.136. The standard InChI is InChI=1S/C14H14F3NS/c1-9-7-11(10(2)19-9)8-18-13-6-4-3-5-12(13)14(15,16)17/h3-7,18H,8H2,1-2H3. The Morgan fingerprint density at radius 1 is 1.16 bits per heavy atom. The maximum atomic E-state index is 12.8.